The summed E-state index contributed by atoms with van der Waals surface area (Å²) < 4.78 is 0. The number of aliphatic carboxylic acids is 1. The average molecular weight is 160 g/mol. The van der Waals surface area contributed by atoms with Crippen molar-refractivity contribution in [1.82, 2.24) is 0 Å². The smallest absolute Gasteiger partial charge is 0.311 e. The molecular weight excluding hydrogens is 144 g/mol. The molecule has 0 radical (unpaired) electrons. The fraction of sp³-hybridized carbons (Fsp3) is 0.875. The number of carboxylic acid groups (broad SMARTS) is 1. The van der Waals surface area contributed by atoms with Gasteiger partial charge in [-0.05, 0) is 12.8 Å². The van der Waals surface area contributed by atoms with Crippen molar-refractivity contribution in [3.05, 3.63) is 0 Å². The zero-order valence-corrected chi connectivity index (χ0v) is 7.13. The summed E-state index contributed by atoms with van der Waals surface area (Å²) in [4.78, 5) is 10.7. The highest BCUT2D eigenvalue weighted by molar-refractivity contribution is 5.74. The molecule has 0 bridgehead atoms. The van der Waals surface area contributed by atoms with E-state index in [1.54, 1.807) is 6.92 Å². The predicted octanol–water partition coefficient (Wildman–Crippen LogP) is 1.26. The number of carbonyl (C=O) groups is 1. The van der Waals surface area contributed by atoms with Gasteiger partial charge in [-0.3, -0.25) is 4.79 Å². The first-order chi connectivity index (χ1) is 5.13. The minimum absolute atomic E-state index is 0.257. The molecule has 1 atom stereocenters. The maximum Gasteiger partial charge on any atom is 0.311 e. The number of rotatable bonds is 5. The molecule has 0 aromatic carbocycles. The summed E-state index contributed by atoms with van der Waals surface area (Å²) in [7, 11) is 0. The predicted molar refractivity (Wildman–Crippen MR) is 42.4 cm³/mol. The molecule has 11 heavy (non-hydrogen) atoms. The lowest BCUT2D eigenvalue weighted by Crippen LogP contribution is -2.33. The Morgan fingerprint density at radius 2 is 2.00 bits per heavy atom. The molecule has 0 aromatic rings. The van der Waals surface area contributed by atoms with Gasteiger partial charge in [0.15, 0.2) is 0 Å². The van der Waals surface area contributed by atoms with Crippen LogP contribution in [0.25, 0.3) is 0 Å². The molecule has 0 amide bonds. The second-order valence-corrected chi connectivity index (χ2v) is 2.85. The third kappa shape index (κ3) is 2.19. The van der Waals surface area contributed by atoms with E-state index >= 15 is 0 Å². The summed E-state index contributed by atoms with van der Waals surface area (Å²) in [5.41, 5.74) is -0.894. The molecule has 0 aliphatic rings. The van der Waals surface area contributed by atoms with Crippen LogP contribution >= 0.6 is 0 Å². The second kappa shape index (κ2) is 4.34. The fourth-order valence-electron chi connectivity index (χ4n) is 1.17. The molecule has 0 saturated heterocycles. The number of aliphatic hydroxyl groups excluding tert-OH is 1. The minimum Gasteiger partial charge on any atom is -0.481 e. The van der Waals surface area contributed by atoms with Gasteiger partial charge in [0.25, 0.3) is 0 Å². The molecule has 2 N–H and O–H groups in total. The van der Waals surface area contributed by atoms with Crippen LogP contribution in [-0.2, 0) is 4.79 Å². The molecule has 0 fully saturated rings. The summed E-state index contributed by atoms with van der Waals surface area (Å²) in [5, 5.41) is 17.7. The molecule has 0 aromatic heterocycles. The van der Waals surface area contributed by atoms with Gasteiger partial charge in [0.05, 0.1) is 12.0 Å². The molecule has 0 heterocycles. The van der Waals surface area contributed by atoms with E-state index < -0.39 is 11.4 Å². The van der Waals surface area contributed by atoms with Gasteiger partial charge in [-0.25, -0.2) is 0 Å². The lowest BCUT2D eigenvalue weighted by Gasteiger charge is -2.24. The molecule has 0 spiro atoms. The van der Waals surface area contributed by atoms with Gasteiger partial charge in [0, 0.05) is 0 Å². The first-order valence-electron chi connectivity index (χ1n) is 3.97. The van der Waals surface area contributed by atoms with Gasteiger partial charge < -0.3 is 10.2 Å². The minimum atomic E-state index is -0.894. The summed E-state index contributed by atoms with van der Waals surface area (Å²) in [6.45, 7) is 3.45. The van der Waals surface area contributed by atoms with Crippen molar-refractivity contribution in [2.45, 2.75) is 33.1 Å². The van der Waals surface area contributed by atoms with E-state index in [-0.39, 0.29) is 6.61 Å². The highest BCUT2D eigenvalue weighted by atomic mass is 16.4. The van der Waals surface area contributed by atoms with E-state index in [4.69, 9.17) is 10.2 Å². The zero-order chi connectivity index (χ0) is 8.91. The summed E-state index contributed by atoms with van der Waals surface area (Å²) in [6, 6.07) is 0. The van der Waals surface area contributed by atoms with Crippen molar-refractivity contribution in [2.75, 3.05) is 6.61 Å². The van der Waals surface area contributed by atoms with Crippen molar-refractivity contribution < 1.29 is 15.0 Å². The molecule has 0 rings (SSSR count). The first-order valence-corrected chi connectivity index (χ1v) is 3.97. The van der Waals surface area contributed by atoms with Crippen LogP contribution in [0.1, 0.15) is 33.1 Å². The number of carboxylic acids is 1. The molecule has 0 aliphatic heterocycles. The Labute approximate surface area is 67.0 Å². The molecule has 66 valence electrons. The molecule has 3 nitrogen and oxygen atoms in total. The fourth-order valence-corrected chi connectivity index (χ4v) is 1.17. The maximum atomic E-state index is 10.7. The molecule has 0 aliphatic carbocycles. The Balaban J connectivity index is 4.32. The van der Waals surface area contributed by atoms with Crippen LogP contribution in [0.15, 0.2) is 0 Å². The van der Waals surface area contributed by atoms with Crippen molar-refractivity contribution in [3.63, 3.8) is 0 Å². The highest BCUT2D eigenvalue weighted by Crippen LogP contribution is 2.27. The summed E-state index contributed by atoms with van der Waals surface area (Å²) >= 11 is 0. The van der Waals surface area contributed by atoms with Crippen LogP contribution in [0, 0.1) is 5.41 Å². The van der Waals surface area contributed by atoms with Crippen molar-refractivity contribution in [1.29, 1.82) is 0 Å². The SMILES string of the molecule is CCCC(CC)(CO)C(=O)O. The van der Waals surface area contributed by atoms with Crippen molar-refractivity contribution in [2.24, 2.45) is 5.41 Å². The molecular formula is C8H16O3. The van der Waals surface area contributed by atoms with Gasteiger partial charge >= 0.3 is 5.97 Å². The normalized spacial score (nSPS) is 15.9. The average Bonchev–Trinajstić information content (AvgIpc) is 2.00. The quantitative estimate of drug-likeness (QED) is 0.636. The van der Waals surface area contributed by atoms with Crippen molar-refractivity contribution >= 4 is 5.97 Å². The van der Waals surface area contributed by atoms with E-state index in [2.05, 4.69) is 0 Å². The first kappa shape index (κ1) is 10.4. The zero-order valence-electron chi connectivity index (χ0n) is 7.13. The van der Waals surface area contributed by atoms with Gasteiger partial charge in [0.2, 0.25) is 0 Å². The number of hydrogen-bond donors (Lipinski definition) is 2. The van der Waals surface area contributed by atoms with Crippen LogP contribution in [0.4, 0.5) is 0 Å². The molecule has 0 saturated carbocycles. The van der Waals surface area contributed by atoms with Crippen LogP contribution in [0.2, 0.25) is 0 Å². The van der Waals surface area contributed by atoms with Crippen LogP contribution < -0.4 is 0 Å². The largest absolute Gasteiger partial charge is 0.481 e. The third-order valence-corrected chi connectivity index (χ3v) is 2.16. The lowest BCUT2D eigenvalue weighted by atomic mass is 9.82. The van der Waals surface area contributed by atoms with E-state index in [0.29, 0.717) is 12.8 Å². The van der Waals surface area contributed by atoms with Crippen LogP contribution in [0.3, 0.4) is 0 Å². The van der Waals surface area contributed by atoms with Crippen LogP contribution in [-0.4, -0.2) is 22.8 Å². The van der Waals surface area contributed by atoms with E-state index in [9.17, 15) is 4.79 Å². The molecule has 3 heteroatoms. The summed E-state index contributed by atoms with van der Waals surface area (Å²) in [6.07, 6.45) is 1.84. The van der Waals surface area contributed by atoms with Crippen LogP contribution in [0.5, 0.6) is 0 Å². The topological polar surface area (TPSA) is 57.5 Å². The van der Waals surface area contributed by atoms with Gasteiger partial charge in [-0.2, -0.15) is 0 Å². The lowest BCUT2D eigenvalue weighted by molar-refractivity contribution is -0.152. The Morgan fingerprint density at radius 3 is 2.09 bits per heavy atom. The van der Waals surface area contributed by atoms with Gasteiger partial charge in [0.1, 0.15) is 0 Å². The van der Waals surface area contributed by atoms with Crippen molar-refractivity contribution in [3.8, 4) is 0 Å². The standard InChI is InChI=1S/C8H16O3/c1-3-5-8(4-2,6-9)7(10)11/h9H,3-6H2,1-2H3,(H,10,11). The van der Waals surface area contributed by atoms with E-state index in [1.165, 1.54) is 0 Å². The molecule has 1 unspecified atom stereocenters. The van der Waals surface area contributed by atoms with E-state index in [1.807, 2.05) is 6.92 Å². The van der Waals surface area contributed by atoms with E-state index in [0.717, 1.165) is 6.42 Å². The highest BCUT2D eigenvalue weighted by Gasteiger charge is 2.34. The Morgan fingerprint density at radius 1 is 1.45 bits per heavy atom. The number of hydrogen-bond acceptors (Lipinski definition) is 2. The monoisotopic (exact) mass is 160 g/mol. The Hall–Kier alpha value is -0.570. The number of aliphatic hydroxyl groups is 1. The third-order valence-electron chi connectivity index (χ3n) is 2.16. The Bertz CT molecular complexity index is 127. The Kier molecular flexibility index (Phi) is 4.11. The summed E-state index contributed by atoms with van der Waals surface area (Å²) in [5.74, 6) is -0.885. The van der Waals surface area contributed by atoms with Gasteiger partial charge in [-0.15, -0.1) is 0 Å². The van der Waals surface area contributed by atoms with Gasteiger partial charge in [-0.1, -0.05) is 20.3 Å². The second-order valence-electron chi connectivity index (χ2n) is 2.85. The maximum absolute atomic E-state index is 10.7.